The van der Waals surface area contributed by atoms with Crippen LogP contribution in [-0.2, 0) is 4.74 Å². The standard InChI is InChI=1S/C19H19BrN4O2/c1-12-5-6-15-18(21)22-16(13-3-2-4-14(20)11-13)17(24(12)15)19(25)23-7-9-26-10-8-23/h2-6,11H,7-10H2,1H3,(H2,21,22). The number of nitrogens with zero attached hydrogens (tertiary/aromatic N) is 3. The molecule has 2 N–H and O–H groups in total. The van der Waals surface area contributed by atoms with Crippen molar-refractivity contribution in [3.8, 4) is 11.3 Å². The van der Waals surface area contributed by atoms with E-state index in [1.54, 1.807) is 0 Å². The van der Waals surface area contributed by atoms with Crippen molar-refractivity contribution in [3.63, 3.8) is 0 Å². The molecule has 1 saturated heterocycles. The number of aryl methyl sites for hydroxylation is 1. The van der Waals surface area contributed by atoms with E-state index in [1.165, 1.54) is 0 Å². The molecule has 3 heterocycles. The first-order valence-electron chi connectivity index (χ1n) is 8.47. The minimum atomic E-state index is -0.0555. The van der Waals surface area contributed by atoms with Gasteiger partial charge in [0.05, 0.1) is 18.7 Å². The summed E-state index contributed by atoms with van der Waals surface area (Å²) in [4.78, 5) is 19.8. The molecular formula is C19H19BrN4O2. The molecule has 1 aliphatic heterocycles. The molecule has 0 unspecified atom stereocenters. The zero-order chi connectivity index (χ0) is 18.3. The number of anilines is 1. The highest BCUT2D eigenvalue weighted by Gasteiger charge is 2.27. The zero-order valence-corrected chi connectivity index (χ0v) is 16.0. The first-order valence-corrected chi connectivity index (χ1v) is 9.26. The fourth-order valence-corrected chi connectivity index (χ4v) is 3.72. The van der Waals surface area contributed by atoms with Crippen molar-refractivity contribution in [2.45, 2.75) is 6.92 Å². The van der Waals surface area contributed by atoms with Crippen LogP contribution in [0.25, 0.3) is 16.8 Å². The van der Waals surface area contributed by atoms with Crippen LogP contribution in [0.4, 0.5) is 5.82 Å². The number of nitrogens with two attached hydrogens (primary N) is 1. The lowest BCUT2D eigenvalue weighted by Crippen LogP contribution is -2.41. The van der Waals surface area contributed by atoms with Gasteiger partial charge in [0, 0.05) is 28.8 Å². The average Bonchev–Trinajstić information content (AvgIpc) is 3.04. The maximum Gasteiger partial charge on any atom is 0.273 e. The Morgan fingerprint density at radius 1 is 1.23 bits per heavy atom. The van der Waals surface area contributed by atoms with E-state index in [4.69, 9.17) is 10.5 Å². The number of carbonyl (C=O) groups excluding carboxylic acids is 1. The van der Waals surface area contributed by atoms with Gasteiger partial charge in [0.15, 0.2) is 0 Å². The van der Waals surface area contributed by atoms with Crippen LogP contribution in [0.3, 0.4) is 0 Å². The molecule has 0 spiro atoms. The Morgan fingerprint density at radius 3 is 2.73 bits per heavy atom. The summed E-state index contributed by atoms with van der Waals surface area (Å²) in [6.07, 6.45) is 0. The molecule has 1 aliphatic rings. The number of morpholine rings is 1. The Morgan fingerprint density at radius 2 is 2.00 bits per heavy atom. The number of aromatic nitrogens is 2. The van der Waals surface area contributed by atoms with Crippen molar-refractivity contribution in [1.82, 2.24) is 14.3 Å². The van der Waals surface area contributed by atoms with E-state index in [2.05, 4.69) is 20.9 Å². The quantitative estimate of drug-likeness (QED) is 0.698. The summed E-state index contributed by atoms with van der Waals surface area (Å²) in [6, 6.07) is 11.6. The molecule has 1 fully saturated rings. The topological polar surface area (TPSA) is 72.9 Å². The van der Waals surface area contributed by atoms with Crippen molar-refractivity contribution in [3.05, 3.63) is 52.3 Å². The number of hydrogen-bond donors (Lipinski definition) is 1. The monoisotopic (exact) mass is 414 g/mol. The molecule has 134 valence electrons. The lowest BCUT2D eigenvalue weighted by Gasteiger charge is -2.28. The van der Waals surface area contributed by atoms with Crippen LogP contribution in [0.5, 0.6) is 0 Å². The van der Waals surface area contributed by atoms with Gasteiger partial charge in [-0.3, -0.25) is 4.79 Å². The van der Waals surface area contributed by atoms with E-state index in [1.807, 2.05) is 52.6 Å². The third-order valence-corrected chi connectivity index (χ3v) is 5.11. The van der Waals surface area contributed by atoms with Crippen molar-refractivity contribution < 1.29 is 9.53 Å². The van der Waals surface area contributed by atoms with Gasteiger partial charge in [-0.2, -0.15) is 0 Å². The molecule has 4 rings (SSSR count). The maximum absolute atomic E-state index is 13.4. The Hall–Kier alpha value is -2.38. The number of ether oxygens (including phenoxy) is 1. The third kappa shape index (κ3) is 2.87. The summed E-state index contributed by atoms with van der Waals surface area (Å²) in [7, 11) is 0. The van der Waals surface area contributed by atoms with E-state index in [-0.39, 0.29) is 5.91 Å². The second-order valence-electron chi connectivity index (χ2n) is 6.30. The Balaban J connectivity index is 1.98. The molecule has 0 bridgehead atoms. The van der Waals surface area contributed by atoms with Gasteiger partial charge in [-0.25, -0.2) is 4.98 Å². The predicted molar refractivity (Wildman–Crippen MR) is 104 cm³/mol. The van der Waals surface area contributed by atoms with Gasteiger partial charge in [0.2, 0.25) is 0 Å². The van der Waals surface area contributed by atoms with Gasteiger partial charge in [-0.15, -0.1) is 0 Å². The summed E-state index contributed by atoms with van der Waals surface area (Å²) >= 11 is 3.50. The van der Waals surface area contributed by atoms with Crippen LogP contribution in [0.2, 0.25) is 0 Å². The summed E-state index contributed by atoms with van der Waals surface area (Å²) < 4.78 is 8.22. The minimum Gasteiger partial charge on any atom is -0.382 e. The smallest absolute Gasteiger partial charge is 0.273 e. The highest BCUT2D eigenvalue weighted by atomic mass is 79.9. The van der Waals surface area contributed by atoms with Gasteiger partial charge < -0.3 is 19.8 Å². The second kappa shape index (κ2) is 6.74. The number of halogens is 1. The number of rotatable bonds is 2. The molecule has 1 aromatic carbocycles. The van der Waals surface area contributed by atoms with E-state index >= 15 is 0 Å². The number of hydrogen-bond acceptors (Lipinski definition) is 4. The molecule has 0 saturated carbocycles. The highest BCUT2D eigenvalue weighted by molar-refractivity contribution is 9.10. The molecule has 7 heteroatoms. The largest absolute Gasteiger partial charge is 0.382 e. The van der Waals surface area contributed by atoms with Crippen molar-refractivity contribution >= 4 is 33.2 Å². The fraction of sp³-hybridized carbons (Fsp3) is 0.263. The molecule has 0 atom stereocenters. The molecule has 6 nitrogen and oxygen atoms in total. The molecule has 2 aromatic heterocycles. The fourth-order valence-electron chi connectivity index (χ4n) is 3.32. The summed E-state index contributed by atoms with van der Waals surface area (Å²) in [5.74, 6) is 0.353. The number of fused-ring (bicyclic) bond motifs is 1. The first kappa shape index (κ1) is 17.1. The number of benzene rings is 1. The highest BCUT2D eigenvalue weighted by Crippen LogP contribution is 2.30. The molecule has 26 heavy (non-hydrogen) atoms. The summed E-state index contributed by atoms with van der Waals surface area (Å²) in [5, 5.41) is 0. The zero-order valence-electron chi connectivity index (χ0n) is 14.4. The van der Waals surface area contributed by atoms with Crippen LogP contribution in [0.1, 0.15) is 16.2 Å². The number of carbonyl (C=O) groups is 1. The molecular weight excluding hydrogens is 396 g/mol. The van der Waals surface area contributed by atoms with Crippen LogP contribution >= 0.6 is 15.9 Å². The second-order valence-corrected chi connectivity index (χ2v) is 7.22. The van der Waals surface area contributed by atoms with E-state index in [9.17, 15) is 4.79 Å². The predicted octanol–water partition coefficient (Wildman–Crippen LogP) is 3.13. The van der Waals surface area contributed by atoms with Crippen LogP contribution in [-0.4, -0.2) is 46.5 Å². The van der Waals surface area contributed by atoms with Gasteiger partial charge in [0.1, 0.15) is 17.2 Å². The van der Waals surface area contributed by atoms with Crippen molar-refractivity contribution in [2.75, 3.05) is 32.0 Å². The Bertz CT molecular complexity index is 993. The normalized spacial score (nSPS) is 14.8. The first-order chi connectivity index (χ1) is 12.6. The lowest BCUT2D eigenvalue weighted by atomic mass is 10.1. The van der Waals surface area contributed by atoms with Crippen LogP contribution < -0.4 is 5.73 Å². The van der Waals surface area contributed by atoms with Crippen LogP contribution in [0, 0.1) is 6.92 Å². The SMILES string of the molecule is Cc1ccc2c(N)nc(-c3cccc(Br)c3)c(C(=O)N3CCOCC3)n12. The van der Waals surface area contributed by atoms with Gasteiger partial charge >= 0.3 is 0 Å². The average molecular weight is 415 g/mol. The lowest BCUT2D eigenvalue weighted by molar-refractivity contribution is 0.0298. The maximum atomic E-state index is 13.4. The van der Waals surface area contributed by atoms with Crippen LogP contribution in [0.15, 0.2) is 40.9 Å². The van der Waals surface area contributed by atoms with E-state index in [0.29, 0.717) is 43.5 Å². The minimum absolute atomic E-state index is 0.0555. The van der Waals surface area contributed by atoms with Gasteiger partial charge in [0.25, 0.3) is 5.91 Å². The van der Waals surface area contributed by atoms with Crippen molar-refractivity contribution in [1.29, 1.82) is 0 Å². The van der Waals surface area contributed by atoms with Crippen molar-refractivity contribution in [2.24, 2.45) is 0 Å². The van der Waals surface area contributed by atoms with E-state index in [0.717, 1.165) is 21.2 Å². The number of nitrogen functional groups attached to an aromatic ring is 1. The van der Waals surface area contributed by atoms with Gasteiger partial charge in [-0.05, 0) is 31.2 Å². The summed E-state index contributed by atoms with van der Waals surface area (Å²) in [6.45, 7) is 4.21. The number of amides is 1. The van der Waals surface area contributed by atoms with Gasteiger partial charge in [-0.1, -0.05) is 28.1 Å². The molecule has 0 radical (unpaired) electrons. The molecule has 0 aliphatic carbocycles. The molecule has 1 amide bonds. The summed E-state index contributed by atoms with van der Waals surface area (Å²) in [5.41, 5.74) is 9.87. The molecule has 3 aromatic rings. The Labute approximate surface area is 159 Å². The van der Waals surface area contributed by atoms with E-state index < -0.39 is 0 Å². The third-order valence-electron chi connectivity index (χ3n) is 4.62. The Kier molecular flexibility index (Phi) is 4.42.